The zero-order valence-electron chi connectivity index (χ0n) is 13.0. The number of hydrogen-bond donors (Lipinski definition) is 2. The fourth-order valence-electron chi connectivity index (χ4n) is 2.03. The van der Waals surface area contributed by atoms with Crippen LogP contribution in [0.5, 0.6) is 0 Å². The highest BCUT2D eigenvalue weighted by atomic mass is 35.5. The SMILES string of the molecule is O=C(NCCc1nc(-c2ccc(Cl)cc2)n[nH]1)c1cnc(C(F)(F)F)s1. The second-order valence-corrected chi connectivity index (χ2v) is 6.61. The first kappa shape index (κ1) is 18.3. The summed E-state index contributed by atoms with van der Waals surface area (Å²) in [7, 11) is 0. The standard InChI is InChI=1S/C15H11ClF3N5OS/c16-9-3-1-8(2-4-9)12-22-11(23-24-12)5-6-20-13(25)10-7-21-14(26-10)15(17,18)19/h1-4,7H,5-6H2,(H,20,25)(H,22,23,24). The number of carbonyl (C=O) groups excluding carboxylic acids is 1. The van der Waals surface area contributed by atoms with Crippen LogP contribution in [0.25, 0.3) is 11.4 Å². The predicted molar refractivity (Wildman–Crippen MR) is 90.0 cm³/mol. The third-order valence-electron chi connectivity index (χ3n) is 3.25. The van der Waals surface area contributed by atoms with E-state index in [9.17, 15) is 18.0 Å². The lowest BCUT2D eigenvalue weighted by Gasteiger charge is -2.01. The van der Waals surface area contributed by atoms with Gasteiger partial charge in [-0.15, -0.1) is 11.3 Å². The summed E-state index contributed by atoms with van der Waals surface area (Å²) in [6.45, 7) is 0.188. The number of rotatable bonds is 5. The van der Waals surface area contributed by atoms with Crippen LogP contribution < -0.4 is 5.32 Å². The minimum atomic E-state index is -4.55. The molecule has 0 aliphatic carbocycles. The summed E-state index contributed by atoms with van der Waals surface area (Å²) in [6, 6.07) is 6.99. The fourth-order valence-corrected chi connectivity index (χ4v) is 2.85. The van der Waals surface area contributed by atoms with Crippen LogP contribution >= 0.6 is 22.9 Å². The molecule has 0 bridgehead atoms. The largest absolute Gasteiger partial charge is 0.443 e. The zero-order chi connectivity index (χ0) is 18.7. The predicted octanol–water partition coefficient (Wildman–Crippen LogP) is 3.57. The van der Waals surface area contributed by atoms with Gasteiger partial charge in [0.05, 0.1) is 6.20 Å². The fraction of sp³-hybridized carbons (Fsp3) is 0.200. The van der Waals surface area contributed by atoms with Gasteiger partial charge in [-0.2, -0.15) is 18.3 Å². The molecular formula is C15H11ClF3N5OS. The van der Waals surface area contributed by atoms with Gasteiger partial charge in [0.2, 0.25) is 0 Å². The smallest absolute Gasteiger partial charge is 0.351 e. The van der Waals surface area contributed by atoms with Crippen molar-refractivity contribution in [1.82, 2.24) is 25.5 Å². The van der Waals surface area contributed by atoms with Gasteiger partial charge in [0.1, 0.15) is 10.7 Å². The van der Waals surface area contributed by atoms with Gasteiger partial charge in [0.25, 0.3) is 5.91 Å². The Labute approximate surface area is 154 Å². The Balaban J connectivity index is 1.54. The van der Waals surface area contributed by atoms with E-state index in [-0.39, 0.29) is 11.4 Å². The van der Waals surface area contributed by atoms with Crippen LogP contribution in [0.15, 0.2) is 30.5 Å². The number of amides is 1. The Bertz CT molecular complexity index is 907. The average Bonchev–Trinajstić information content (AvgIpc) is 3.24. The summed E-state index contributed by atoms with van der Waals surface area (Å²) < 4.78 is 37.5. The van der Waals surface area contributed by atoms with Gasteiger partial charge in [-0.1, -0.05) is 11.6 Å². The number of hydrogen-bond acceptors (Lipinski definition) is 5. The molecule has 26 heavy (non-hydrogen) atoms. The first-order chi connectivity index (χ1) is 12.3. The molecule has 0 fully saturated rings. The summed E-state index contributed by atoms with van der Waals surface area (Å²) in [5.41, 5.74) is 0.783. The Kier molecular flexibility index (Phi) is 5.23. The maximum absolute atomic E-state index is 12.5. The molecule has 0 radical (unpaired) electrons. The lowest BCUT2D eigenvalue weighted by atomic mass is 10.2. The Morgan fingerprint density at radius 3 is 2.65 bits per heavy atom. The Hall–Kier alpha value is -2.46. The average molecular weight is 402 g/mol. The molecule has 2 heterocycles. The second kappa shape index (κ2) is 7.42. The highest BCUT2D eigenvalue weighted by Gasteiger charge is 2.35. The van der Waals surface area contributed by atoms with Crippen molar-refractivity contribution >= 4 is 28.8 Å². The van der Waals surface area contributed by atoms with Crippen molar-refractivity contribution in [3.05, 3.63) is 51.2 Å². The molecule has 0 saturated carbocycles. The van der Waals surface area contributed by atoms with Gasteiger partial charge in [-0.25, -0.2) is 9.97 Å². The molecule has 0 saturated heterocycles. The van der Waals surface area contributed by atoms with Gasteiger partial charge >= 0.3 is 6.18 Å². The van der Waals surface area contributed by atoms with Crippen molar-refractivity contribution in [1.29, 1.82) is 0 Å². The van der Waals surface area contributed by atoms with Crippen LogP contribution in [0.3, 0.4) is 0 Å². The van der Waals surface area contributed by atoms with Crippen molar-refractivity contribution in [3.8, 4) is 11.4 Å². The molecule has 1 amide bonds. The molecule has 136 valence electrons. The minimum Gasteiger partial charge on any atom is -0.351 e. The van der Waals surface area contributed by atoms with Crippen LogP contribution in [0.4, 0.5) is 13.2 Å². The van der Waals surface area contributed by atoms with Crippen LogP contribution in [0.2, 0.25) is 5.02 Å². The normalized spacial score (nSPS) is 11.5. The van der Waals surface area contributed by atoms with Gasteiger partial charge < -0.3 is 5.32 Å². The Morgan fingerprint density at radius 2 is 2.00 bits per heavy atom. The van der Waals surface area contributed by atoms with Gasteiger partial charge in [0, 0.05) is 23.6 Å². The van der Waals surface area contributed by atoms with Gasteiger partial charge in [0.15, 0.2) is 10.8 Å². The van der Waals surface area contributed by atoms with E-state index in [1.165, 1.54) is 0 Å². The van der Waals surface area contributed by atoms with E-state index in [2.05, 4.69) is 25.5 Å². The summed E-state index contributed by atoms with van der Waals surface area (Å²) in [5.74, 6) is 0.409. The van der Waals surface area contributed by atoms with E-state index in [0.717, 1.165) is 11.8 Å². The van der Waals surface area contributed by atoms with Crippen molar-refractivity contribution in [2.24, 2.45) is 0 Å². The highest BCUT2D eigenvalue weighted by molar-refractivity contribution is 7.13. The number of H-pyrrole nitrogens is 1. The van der Waals surface area contributed by atoms with Crippen LogP contribution in [-0.4, -0.2) is 32.6 Å². The molecule has 0 aliphatic rings. The van der Waals surface area contributed by atoms with Crippen LogP contribution in [0.1, 0.15) is 20.5 Å². The number of benzene rings is 1. The van der Waals surface area contributed by atoms with Gasteiger partial charge in [-0.3, -0.25) is 9.89 Å². The number of carbonyl (C=O) groups is 1. The number of alkyl halides is 3. The van der Waals surface area contributed by atoms with E-state index < -0.39 is 17.1 Å². The van der Waals surface area contributed by atoms with Crippen molar-refractivity contribution < 1.29 is 18.0 Å². The van der Waals surface area contributed by atoms with E-state index in [4.69, 9.17) is 11.6 Å². The number of thiazole rings is 1. The summed E-state index contributed by atoms with van der Waals surface area (Å²) in [4.78, 5) is 19.3. The lowest BCUT2D eigenvalue weighted by molar-refractivity contribution is -0.137. The molecule has 2 aromatic heterocycles. The third-order valence-corrected chi connectivity index (χ3v) is 4.55. The van der Waals surface area contributed by atoms with Crippen LogP contribution in [-0.2, 0) is 12.6 Å². The molecule has 0 spiro atoms. The lowest BCUT2D eigenvalue weighted by Crippen LogP contribution is -2.25. The van der Waals surface area contributed by atoms with Gasteiger partial charge in [-0.05, 0) is 24.3 Å². The molecule has 1 aromatic carbocycles. The third kappa shape index (κ3) is 4.38. The molecule has 0 unspecified atom stereocenters. The minimum absolute atomic E-state index is 0.100. The number of nitrogens with zero attached hydrogens (tertiary/aromatic N) is 3. The van der Waals surface area contributed by atoms with Crippen molar-refractivity contribution in [3.63, 3.8) is 0 Å². The van der Waals surface area contributed by atoms with E-state index in [0.29, 0.717) is 34.4 Å². The molecule has 6 nitrogen and oxygen atoms in total. The number of nitrogens with one attached hydrogen (secondary N) is 2. The highest BCUT2D eigenvalue weighted by Crippen LogP contribution is 2.32. The first-order valence-corrected chi connectivity index (χ1v) is 8.51. The Morgan fingerprint density at radius 1 is 1.27 bits per heavy atom. The molecule has 3 aromatic rings. The quantitative estimate of drug-likeness (QED) is 0.684. The molecule has 0 aliphatic heterocycles. The molecule has 11 heteroatoms. The maximum Gasteiger partial charge on any atom is 0.443 e. The van der Waals surface area contributed by atoms with Crippen molar-refractivity contribution in [2.75, 3.05) is 6.54 Å². The summed E-state index contributed by atoms with van der Waals surface area (Å²) in [5, 5.41) is 8.91. The molecular weight excluding hydrogens is 391 g/mol. The topological polar surface area (TPSA) is 83.6 Å². The maximum atomic E-state index is 12.5. The number of aromatic amines is 1. The second-order valence-electron chi connectivity index (χ2n) is 5.15. The van der Waals surface area contributed by atoms with E-state index in [1.807, 2.05) is 0 Å². The number of halogens is 4. The molecule has 2 N–H and O–H groups in total. The van der Waals surface area contributed by atoms with E-state index in [1.54, 1.807) is 24.3 Å². The molecule has 3 rings (SSSR count). The monoisotopic (exact) mass is 401 g/mol. The van der Waals surface area contributed by atoms with E-state index >= 15 is 0 Å². The first-order valence-electron chi connectivity index (χ1n) is 7.31. The summed E-state index contributed by atoms with van der Waals surface area (Å²) in [6.07, 6.45) is -3.30. The summed E-state index contributed by atoms with van der Waals surface area (Å²) >= 11 is 6.13. The zero-order valence-corrected chi connectivity index (χ0v) is 14.5. The molecule has 0 atom stereocenters. The van der Waals surface area contributed by atoms with Crippen LogP contribution in [0, 0.1) is 0 Å². The number of aromatic nitrogens is 4. The van der Waals surface area contributed by atoms with Crippen molar-refractivity contribution in [2.45, 2.75) is 12.6 Å².